The number of hydrogen-bond donors (Lipinski definition) is 1. The van der Waals surface area contributed by atoms with Crippen LogP contribution in [0.15, 0.2) is 48.5 Å². The minimum Gasteiger partial charge on any atom is -0.494 e. The first-order valence-electron chi connectivity index (χ1n) is 9.70. The Labute approximate surface area is 167 Å². The molecule has 5 nitrogen and oxygen atoms in total. The van der Waals surface area contributed by atoms with Gasteiger partial charge in [-0.25, -0.2) is 4.79 Å². The number of rotatable bonds is 12. The SMILES string of the molecule is COC(Cc1ccc(OCCCCOc2ccccc2C(C)C)cc1)C(=O)O. The molecule has 0 bridgehead atoms. The fourth-order valence-electron chi connectivity index (χ4n) is 2.87. The van der Waals surface area contributed by atoms with Crippen molar-refractivity contribution in [3.05, 3.63) is 59.7 Å². The third-order valence-electron chi connectivity index (χ3n) is 4.51. The largest absolute Gasteiger partial charge is 0.494 e. The second kappa shape index (κ2) is 11.3. The summed E-state index contributed by atoms with van der Waals surface area (Å²) >= 11 is 0. The molecule has 5 heteroatoms. The summed E-state index contributed by atoms with van der Waals surface area (Å²) in [5.41, 5.74) is 2.14. The fourth-order valence-corrected chi connectivity index (χ4v) is 2.87. The number of benzene rings is 2. The van der Waals surface area contributed by atoms with Crippen LogP contribution in [0, 0.1) is 0 Å². The Balaban J connectivity index is 1.68. The topological polar surface area (TPSA) is 65.0 Å². The van der Waals surface area contributed by atoms with Crippen molar-refractivity contribution >= 4 is 5.97 Å². The molecule has 0 spiro atoms. The van der Waals surface area contributed by atoms with Gasteiger partial charge in [0.1, 0.15) is 11.5 Å². The van der Waals surface area contributed by atoms with E-state index in [1.807, 2.05) is 42.5 Å². The van der Waals surface area contributed by atoms with Gasteiger partial charge in [-0.3, -0.25) is 0 Å². The molecule has 1 unspecified atom stereocenters. The maximum Gasteiger partial charge on any atom is 0.333 e. The van der Waals surface area contributed by atoms with E-state index in [-0.39, 0.29) is 0 Å². The lowest BCUT2D eigenvalue weighted by molar-refractivity contribution is -0.148. The van der Waals surface area contributed by atoms with Crippen LogP contribution in [0.2, 0.25) is 0 Å². The molecule has 0 heterocycles. The average molecular weight is 386 g/mol. The molecule has 28 heavy (non-hydrogen) atoms. The zero-order valence-corrected chi connectivity index (χ0v) is 16.9. The van der Waals surface area contributed by atoms with E-state index in [0.717, 1.165) is 29.9 Å². The van der Waals surface area contributed by atoms with E-state index >= 15 is 0 Å². The van der Waals surface area contributed by atoms with Gasteiger partial charge in [0.05, 0.1) is 13.2 Å². The molecular weight excluding hydrogens is 356 g/mol. The zero-order valence-electron chi connectivity index (χ0n) is 16.9. The van der Waals surface area contributed by atoms with Gasteiger partial charge in [-0.15, -0.1) is 0 Å². The Bertz CT molecular complexity index is 724. The summed E-state index contributed by atoms with van der Waals surface area (Å²) in [5, 5.41) is 9.03. The first kappa shape index (κ1) is 21.8. The summed E-state index contributed by atoms with van der Waals surface area (Å²) in [7, 11) is 1.40. The van der Waals surface area contributed by atoms with E-state index in [9.17, 15) is 4.79 Å². The Morgan fingerprint density at radius 3 is 2.21 bits per heavy atom. The van der Waals surface area contributed by atoms with Gasteiger partial charge in [-0.05, 0) is 48.1 Å². The Morgan fingerprint density at radius 2 is 1.61 bits per heavy atom. The predicted octanol–water partition coefficient (Wildman–Crippen LogP) is 4.69. The van der Waals surface area contributed by atoms with Gasteiger partial charge in [0.2, 0.25) is 0 Å². The van der Waals surface area contributed by atoms with Crippen LogP contribution >= 0.6 is 0 Å². The molecule has 0 aliphatic heterocycles. The van der Waals surface area contributed by atoms with Crippen LogP contribution in [-0.4, -0.2) is 37.5 Å². The number of carbonyl (C=O) groups is 1. The van der Waals surface area contributed by atoms with E-state index in [1.165, 1.54) is 12.7 Å². The number of hydrogen-bond acceptors (Lipinski definition) is 4. The van der Waals surface area contributed by atoms with Crippen LogP contribution in [0.3, 0.4) is 0 Å². The standard InChI is InChI=1S/C23H30O5/c1-17(2)20-8-4-5-9-21(20)28-15-7-6-14-27-19-12-10-18(11-13-19)16-22(26-3)23(24)25/h4-5,8-13,17,22H,6-7,14-16H2,1-3H3,(H,24,25). The first-order valence-corrected chi connectivity index (χ1v) is 9.70. The van der Waals surface area contributed by atoms with Gasteiger partial charge in [-0.2, -0.15) is 0 Å². The normalized spacial score (nSPS) is 12.0. The molecule has 1 atom stereocenters. The molecule has 0 radical (unpaired) electrons. The van der Waals surface area contributed by atoms with E-state index in [0.29, 0.717) is 25.6 Å². The fraction of sp³-hybridized carbons (Fsp3) is 0.435. The summed E-state index contributed by atoms with van der Waals surface area (Å²) in [6.45, 7) is 5.61. The molecular formula is C23H30O5. The van der Waals surface area contributed by atoms with Gasteiger partial charge in [0.25, 0.3) is 0 Å². The van der Waals surface area contributed by atoms with Crippen molar-refractivity contribution in [1.82, 2.24) is 0 Å². The summed E-state index contributed by atoms with van der Waals surface area (Å²) in [6.07, 6.45) is 1.32. The van der Waals surface area contributed by atoms with Crippen LogP contribution < -0.4 is 9.47 Å². The maximum atomic E-state index is 11.0. The molecule has 0 saturated carbocycles. The Morgan fingerprint density at radius 1 is 0.964 bits per heavy atom. The van der Waals surface area contributed by atoms with Gasteiger partial charge < -0.3 is 19.3 Å². The van der Waals surface area contributed by atoms with E-state index in [2.05, 4.69) is 19.9 Å². The van der Waals surface area contributed by atoms with Crippen molar-refractivity contribution in [3.8, 4) is 11.5 Å². The molecule has 2 aromatic carbocycles. The number of carboxylic acids is 1. The third kappa shape index (κ3) is 6.89. The van der Waals surface area contributed by atoms with E-state index < -0.39 is 12.1 Å². The minimum atomic E-state index is -0.957. The first-order chi connectivity index (χ1) is 13.5. The second-order valence-electron chi connectivity index (χ2n) is 7.01. The van der Waals surface area contributed by atoms with Crippen molar-refractivity contribution in [2.45, 2.75) is 45.1 Å². The smallest absolute Gasteiger partial charge is 0.333 e. The lowest BCUT2D eigenvalue weighted by atomic mass is 10.0. The molecule has 1 N–H and O–H groups in total. The molecule has 0 aromatic heterocycles. The molecule has 2 rings (SSSR count). The number of methoxy groups -OCH3 is 1. The predicted molar refractivity (Wildman–Crippen MR) is 109 cm³/mol. The number of carboxylic acid groups (broad SMARTS) is 1. The quantitative estimate of drug-likeness (QED) is 0.536. The number of para-hydroxylation sites is 1. The average Bonchev–Trinajstić information content (AvgIpc) is 2.69. The molecule has 0 amide bonds. The highest BCUT2D eigenvalue weighted by atomic mass is 16.5. The monoisotopic (exact) mass is 386 g/mol. The van der Waals surface area contributed by atoms with Gasteiger partial charge in [-0.1, -0.05) is 44.2 Å². The Hall–Kier alpha value is -2.53. The summed E-state index contributed by atoms with van der Waals surface area (Å²) in [5.74, 6) is 1.22. The number of ether oxygens (including phenoxy) is 3. The molecule has 0 fully saturated rings. The van der Waals surface area contributed by atoms with E-state index in [4.69, 9.17) is 19.3 Å². The van der Waals surface area contributed by atoms with Crippen LogP contribution in [0.5, 0.6) is 11.5 Å². The van der Waals surface area contributed by atoms with Gasteiger partial charge >= 0.3 is 5.97 Å². The molecule has 0 aliphatic rings. The second-order valence-corrected chi connectivity index (χ2v) is 7.01. The summed E-state index contributed by atoms with van der Waals surface area (Å²) in [4.78, 5) is 11.0. The number of unbranched alkanes of at least 4 members (excludes halogenated alkanes) is 1. The summed E-state index contributed by atoms with van der Waals surface area (Å²) in [6, 6.07) is 15.6. The summed E-state index contributed by atoms with van der Waals surface area (Å²) < 4.78 is 16.6. The molecule has 0 aliphatic carbocycles. The maximum absolute atomic E-state index is 11.0. The van der Waals surface area contributed by atoms with Crippen LogP contribution in [0.25, 0.3) is 0 Å². The van der Waals surface area contributed by atoms with Crippen LogP contribution in [-0.2, 0) is 16.0 Å². The van der Waals surface area contributed by atoms with Crippen molar-refractivity contribution in [1.29, 1.82) is 0 Å². The zero-order chi connectivity index (χ0) is 20.4. The lowest BCUT2D eigenvalue weighted by Gasteiger charge is -2.14. The molecule has 0 saturated heterocycles. The lowest BCUT2D eigenvalue weighted by Crippen LogP contribution is -2.24. The van der Waals surface area contributed by atoms with Crippen molar-refractivity contribution in [2.24, 2.45) is 0 Å². The van der Waals surface area contributed by atoms with Crippen LogP contribution in [0.1, 0.15) is 43.7 Å². The van der Waals surface area contributed by atoms with Crippen molar-refractivity contribution < 1.29 is 24.1 Å². The van der Waals surface area contributed by atoms with Gasteiger partial charge in [0.15, 0.2) is 6.10 Å². The third-order valence-corrected chi connectivity index (χ3v) is 4.51. The van der Waals surface area contributed by atoms with Crippen molar-refractivity contribution in [3.63, 3.8) is 0 Å². The highest BCUT2D eigenvalue weighted by molar-refractivity contribution is 5.72. The molecule has 152 valence electrons. The number of aliphatic carboxylic acids is 1. The van der Waals surface area contributed by atoms with E-state index in [1.54, 1.807) is 0 Å². The highest BCUT2D eigenvalue weighted by Crippen LogP contribution is 2.26. The highest BCUT2D eigenvalue weighted by Gasteiger charge is 2.16. The minimum absolute atomic E-state index is 0.335. The Kier molecular flexibility index (Phi) is 8.82. The van der Waals surface area contributed by atoms with Crippen LogP contribution in [0.4, 0.5) is 0 Å². The van der Waals surface area contributed by atoms with Gasteiger partial charge in [0, 0.05) is 13.5 Å². The molecule has 2 aromatic rings. The van der Waals surface area contributed by atoms with Crippen molar-refractivity contribution in [2.75, 3.05) is 20.3 Å².